The molecule has 0 radical (unpaired) electrons. The van der Waals surface area contributed by atoms with Gasteiger partial charge in [-0.2, -0.15) is 0 Å². The zero-order chi connectivity index (χ0) is 12.5. The predicted octanol–water partition coefficient (Wildman–Crippen LogP) is -0.534. The molecule has 0 aromatic carbocycles. The Hall–Kier alpha value is -1.40. The van der Waals surface area contributed by atoms with Crippen LogP contribution in [-0.2, 0) is 14.3 Å². The third kappa shape index (κ3) is 6.70. The summed E-state index contributed by atoms with van der Waals surface area (Å²) in [5.74, 6) is -1.48. The van der Waals surface area contributed by atoms with E-state index in [-0.39, 0.29) is 5.91 Å². The molecule has 1 aliphatic rings. The Bertz CT molecular complexity index is 285. The second-order valence-corrected chi connectivity index (χ2v) is 3.77. The molecule has 6 nitrogen and oxygen atoms in total. The molecule has 1 fully saturated rings. The summed E-state index contributed by atoms with van der Waals surface area (Å²) in [7, 11) is 0. The number of carbonyl (C=O) groups excluding carboxylic acids is 1. The molecule has 0 atom stereocenters. The number of carbonyl (C=O) groups is 2. The standard InChI is InChI=1S/C11H18N2O4/c14-10(2-3-11(15)16)12-4-1-5-13-6-8-17-9-7-13/h2-3H,1,4-9H2,(H,12,14)(H,15,16)/b3-2-. The van der Waals surface area contributed by atoms with E-state index >= 15 is 0 Å². The van der Waals surface area contributed by atoms with Gasteiger partial charge in [-0.3, -0.25) is 9.69 Å². The highest BCUT2D eigenvalue weighted by Gasteiger charge is 2.09. The highest BCUT2D eigenvalue weighted by atomic mass is 16.5. The maximum Gasteiger partial charge on any atom is 0.328 e. The van der Waals surface area contributed by atoms with Crippen LogP contribution in [0.5, 0.6) is 0 Å². The predicted molar refractivity (Wildman–Crippen MR) is 61.7 cm³/mol. The van der Waals surface area contributed by atoms with Crippen LogP contribution in [0.4, 0.5) is 0 Å². The first-order chi connectivity index (χ1) is 8.18. The molecule has 0 aromatic heterocycles. The largest absolute Gasteiger partial charge is 0.478 e. The summed E-state index contributed by atoms with van der Waals surface area (Å²) < 4.78 is 5.22. The van der Waals surface area contributed by atoms with Crippen LogP contribution < -0.4 is 5.32 Å². The first-order valence-corrected chi connectivity index (χ1v) is 5.67. The molecule has 0 aromatic rings. The van der Waals surface area contributed by atoms with Gasteiger partial charge >= 0.3 is 5.97 Å². The van der Waals surface area contributed by atoms with Crippen molar-refractivity contribution in [2.75, 3.05) is 39.4 Å². The van der Waals surface area contributed by atoms with Gasteiger partial charge in [-0.1, -0.05) is 0 Å². The van der Waals surface area contributed by atoms with E-state index in [1.54, 1.807) is 0 Å². The average molecular weight is 242 g/mol. The molecule has 0 unspecified atom stereocenters. The molecule has 2 N–H and O–H groups in total. The van der Waals surface area contributed by atoms with Crippen LogP contribution in [0.1, 0.15) is 6.42 Å². The summed E-state index contributed by atoms with van der Waals surface area (Å²) in [6.45, 7) is 4.90. The SMILES string of the molecule is O=C(O)/C=C\C(=O)NCCCN1CCOCC1. The Morgan fingerprint density at radius 2 is 2.00 bits per heavy atom. The second kappa shape index (κ2) is 7.81. The van der Waals surface area contributed by atoms with Gasteiger partial charge in [0.25, 0.3) is 0 Å². The lowest BCUT2D eigenvalue weighted by Crippen LogP contribution is -2.38. The van der Waals surface area contributed by atoms with Crippen molar-refractivity contribution < 1.29 is 19.4 Å². The van der Waals surface area contributed by atoms with E-state index in [4.69, 9.17) is 9.84 Å². The van der Waals surface area contributed by atoms with Crippen molar-refractivity contribution in [2.45, 2.75) is 6.42 Å². The number of nitrogens with one attached hydrogen (secondary N) is 1. The molecule has 0 spiro atoms. The van der Waals surface area contributed by atoms with Crippen molar-refractivity contribution in [3.8, 4) is 0 Å². The van der Waals surface area contributed by atoms with Crippen LogP contribution in [-0.4, -0.2) is 61.3 Å². The third-order valence-electron chi connectivity index (χ3n) is 2.43. The lowest BCUT2D eigenvalue weighted by molar-refractivity contribution is -0.131. The molecule has 1 rings (SSSR count). The van der Waals surface area contributed by atoms with E-state index in [0.717, 1.165) is 51.4 Å². The fourth-order valence-electron chi connectivity index (χ4n) is 1.54. The quantitative estimate of drug-likeness (QED) is 0.483. The van der Waals surface area contributed by atoms with E-state index in [9.17, 15) is 9.59 Å². The van der Waals surface area contributed by atoms with Gasteiger partial charge in [-0.25, -0.2) is 4.79 Å². The molecule has 0 bridgehead atoms. The summed E-state index contributed by atoms with van der Waals surface area (Å²) >= 11 is 0. The van der Waals surface area contributed by atoms with Crippen molar-refractivity contribution in [1.29, 1.82) is 0 Å². The molecule has 96 valence electrons. The molecule has 1 amide bonds. The first-order valence-electron chi connectivity index (χ1n) is 5.67. The molecule has 1 heterocycles. The van der Waals surface area contributed by atoms with Crippen molar-refractivity contribution >= 4 is 11.9 Å². The van der Waals surface area contributed by atoms with E-state index in [0.29, 0.717) is 6.54 Å². The Labute approximate surface area is 100 Å². The number of hydrogen-bond acceptors (Lipinski definition) is 4. The van der Waals surface area contributed by atoms with Crippen LogP contribution in [0.25, 0.3) is 0 Å². The van der Waals surface area contributed by atoms with Crippen LogP contribution in [0.2, 0.25) is 0 Å². The average Bonchev–Trinajstić information content (AvgIpc) is 2.33. The zero-order valence-electron chi connectivity index (χ0n) is 9.72. The van der Waals surface area contributed by atoms with Gasteiger partial charge < -0.3 is 15.2 Å². The van der Waals surface area contributed by atoms with E-state index in [2.05, 4.69) is 10.2 Å². The third-order valence-corrected chi connectivity index (χ3v) is 2.43. The Morgan fingerprint density at radius 1 is 1.29 bits per heavy atom. The van der Waals surface area contributed by atoms with Crippen molar-refractivity contribution in [3.05, 3.63) is 12.2 Å². The van der Waals surface area contributed by atoms with Gasteiger partial charge in [0.1, 0.15) is 0 Å². The lowest BCUT2D eigenvalue weighted by atomic mass is 10.3. The number of morpholine rings is 1. The summed E-state index contributed by atoms with van der Waals surface area (Å²) in [5.41, 5.74) is 0. The van der Waals surface area contributed by atoms with E-state index in [1.807, 2.05) is 0 Å². The summed E-state index contributed by atoms with van der Waals surface area (Å²) in [6.07, 6.45) is 2.71. The molecule has 0 aliphatic carbocycles. The van der Waals surface area contributed by atoms with Gasteiger partial charge in [-0.15, -0.1) is 0 Å². The minimum absolute atomic E-state index is 0.366. The number of hydrogen-bond donors (Lipinski definition) is 2. The second-order valence-electron chi connectivity index (χ2n) is 3.77. The fraction of sp³-hybridized carbons (Fsp3) is 0.636. The maximum atomic E-state index is 11.1. The number of aliphatic carboxylic acids is 1. The lowest BCUT2D eigenvalue weighted by Gasteiger charge is -2.26. The fourth-order valence-corrected chi connectivity index (χ4v) is 1.54. The first kappa shape index (κ1) is 13.7. The number of carboxylic acids is 1. The van der Waals surface area contributed by atoms with Gasteiger partial charge in [0.15, 0.2) is 0 Å². The summed E-state index contributed by atoms with van der Waals surface area (Å²) in [4.78, 5) is 23.5. The molecular formula is C11H18N2O4. The van der Waals surface area contributed by atoms with Crippen LogP contribution >= 0.6 is 0 Å². The summed E-state index contributed by atoms with van der Waals surface area (Å²) in [6, 6.07) is 0. The summed E-state index contributed by atoms with van der Waals surface area (Å²) in [5, 5.41) is 10.9. The minimum Gasteiger partial charge on any atom is -0.478 e. The van der Waals surface area contributed by atoms with Crippen LogP contribution in [0.15, 0.2) is 12.2 Å². The Morgan fingerprint density at radius 3 is 2.65 bits per heavy atom. The van der Waals surface area contributed by atoms with Crippen molar-refractivity contribution in [2.24, 2.45) is 0 Å². The van der Waals surface area contributed by atoms with Crippen molar-refractivity contribution in [1.82, 2.24) is 10.2 Å². The normalized spacial score (nSPS) is 17.2. The molecule has 6 heteroatoms. The molecule has 1 saturated heterocycles. The highest BCUT2D eigenvalue weighted by molar-refractivity contribution is 5.93. The Kier molecular flexibility index (Phi) is 6.27. The maximum absolute atomic E-state index is 11.1. The molecule has 0 saturated carbocycles. The zero-order valence-corrected chi connectivity index (χ0v) is 9.72. The smallest absolute Gasteiger partial charge is 0.328 e. The van der Waals surface area contributed by atoms with Crippen LogP contribution in [0, 0.1) is 0 Å². The minimum atomic E-state index is -1.12. The van der Waals surface area contributed by atoms with Gasteiger partial charge in [0.2, 0.25) is 5.91 Å². The number of nitrogens with zero attached hydrogens (tertiary/aromatic N) is 1. The molecule has 1 aliphatic heterocycles. The number of ether oxygens (including phenoxy) is 1. The Balaban J connectivity index is 2.03. The number of amides is 1. The topological polar surface area (TPSA) is 78.9 Å². The van der Waals surface area contributed by atoms with Crippen LogP contribution in [0.3, 0.4) is 0 Å². The van der Waals surface area contributed by atoms with Gasteiger partial charge in [0, 0.05) is 31.8 Å². The van der Waals surface area contributed by atoms with E-state index < -0.39 is 5.97 Å². The molecule has 17 heavy (non-hydrogen) atoms. The van der Waals surface area contributed by atoms with Crippen molar-refractivity contribution in [3.63, 3.8) is 0 Å². The highest BCUT2D eigenvalue weighted by Crippen LogP contribution is 1.97. The van der Waals surface area contributed by atoms with Gasteiger partial charge in [-0.05, 0) is 13.0 Å². The van der Waals surface area contributed by atoms with Gasteiger partial charge in [0.05, 0.1) is 13.2 Å². The number of rotatable bonds is 6. The van der Waals surface area contributed by atoms with E-state index in [1.165, 1.54) is 0 Å². The molecular weight excluding hydrogens is 224 g/mol. The monoisotopic (exact) mass is 242 g/mol. The number of carboxylic acid groups (broad SMARTS) is 1.